The molecule has 0 bridgehead atoms. The second-order valence-electron chi connectivity index (χ2n) is 5.97. The molecule has 3 aromatic carbocycles. The van der Waals surface area contributed by atoms with Crippen molar-refractivity contribution in [2.75, 3.05) is 10.6 Å². The number of halogens is 2. The van der Waals surface area contributed by atoms with Gasteiger partial charge in [-0.25, -0.2) is 0 Å². The molecular weight excluding hydrogens is 380 g/mol. The number of hydrogen-bond acceptors (Lipinski definition) is 4. The highest BCUT2D eigenvalue weighted by molar-refractivity contribution is 6.08. The molecule has 0 fully saturated rings. The van der Waals surface area contributed by atoms with E-state index in [-0.39, 0.29) is 11.7 Å². The minimum Gasteiger partial charge on any atom is -0.435 e. The predicted octanol–water partition coefficient (Wildman–Crippen LogP) is 4.38. The largest absolute Gasteiger partial charge is 0.435 e. The van der Waals surface area contributed by atoms with Crippen LogP contribution in [0.5, 0.6) is 5.75 Å². The van der Waals surface area contributed by atoms with Gasteiger partial charge in [-0.1, -0.05) is 12.1 Å². The second-order valence-corrected chi connectivity index (χ2v) is 5.97. The highest BCUT2D eigenvalue weighted by Crippen LogP contribution is 2.24. The highest BCUT2D eigenvalue weighted by atomic mass is 19.3. The summed E-state index contributed by atoms with van der Waals surface area (Å²) in [5.41, 5.74) is 7.54. The van der Waals surface area contributed by atoms with Gasteiger partial charge in [0.05, 0.1) is 11.3 Å². The quantitative estimate of drug-likeness (QED) is 0.551. The number of anilines is 3. The molecule has 0 saturated carbocycles. The third kappa shape index (κ3) is 5.29. The second kappa shape index (κ2) is 8.83. The Hall–Kier alpha value is -3.94. The summed E-state index contributed by atoms with van der Waals surface area (Å²) in [7, 11) is 0. The van der Waals surface area contributed by atoms with Gasteiger partial charge < -0.3 is 21.1 Å². The third-order valence-electron chi connectivity index (χ3n) is 3.96. The van der Waals surface area contributed by atoms with E-state index in [4.69, 9.17) is 5.73 Å². The number of para-hydroxylation sites is 1. The van der Waals surface area contributed by atoms with Crippen LogP contribution in [0, 0.1) is 0 Å². The highest BCUT2D eigenvalue weighted by Gasteiger charge is 2.12. The molecule has 29 heavy (non-hydrogen) atoms. The average molecular weight is 397 g/mol. The summed E-state index contributed by atoms with van der Waals surface area (Å²) < 4.78 is 28.8. The number of carbonyl (C=O) groups is 2. The van der Waals surface area contributed by atoms with E-state index in [1.165, 1.54) is 24.3 Å². The maximum atomic E-state index is 12.7. The summed E-state index contributed by atoms with van der Waals surface area (Å²) in [6.07, 6.45) is 0. The van der Waals surface area contributed by atoms with E-state index in [1.807, 2.05) is 0 Å². The molecule has 8 heteroatoms. The number of nitrogens with two attached hydrogens (primary N) is 1. The molecule has 0 heterocycles. The first-order valence-corrected chi connectivity index (χ1v) is 8.54. The first-order valence-electron chi connectivity index (χ1n) is 8.54. The number of rotatable bonds is 7. The number of ether oxygens (including phenoxy) is 1. The van der Waals surface area contributed by atoms with Crippen molar-refractivity contribution in [1.82, 2.24) is 0 Å². The Balaban J connectivity index is 1.74. The zero-order valence-corrected chi connectivity index (χ0v) is 15.1. The molecule has 0 radical (unpaired) electrons. The van der Waals surface area contributed by atoms with Gasteiger partial charge in [-0.3, -0.25) is 9.59 Å². The molecule has 2 amide bonds. The SMILES string of the molecule is NC(=O)c1ccc(NC(=O)c2ccccc2Nc2ccc(OC(F)F)cc2)cc1. The molecule has 0 aliphatic carbocycles. The molecule has 0 saturated heterocycles. The van der Waals surface area contributed by atoms with E-state index in [2.05, 4.69) is 15.4 Å². The number of amides is 2. The first kappa shape index (κ1) is 19.8. The van der Waals surface area contributed by atoms with Gasteiger partial charge in [0.1, 0.15) is 5.75 Å². The van der Waals surface area contributed by atoms with Crippen LogP contribution in [0.25, 0.3) is 0 Å². The number of primary amides is 1. The van der Waals surface area contributed by atoms with Crippen molar-refractivity contribution in [2.45, 2.75) is 6.61 Å². The van der Waals surface area contributed by atoms with E-state index in [9.17, 15) is 18.4 Å². The molecule has 4 N–H and O–H groups in total. The molecule has 0 aliphatic heterocycles. The van der Waals surface area contributed by atoms with Gasteiger partial charge in [0.15, 0.2) is 0 Å². The zero-order valence-electron chi connectivity index (χ0n) is 15.1. The molecular formula is C21H17F2N3O3. The minimum atomic E-state index is -2.89. The number of hydrogen-bond donors (Lipinski definition) is 3. The Bertz CT molecular complexity index is 1010. The summed E-state index contributed by atoms with van der Waals surface area (Å²) in [4.78, 5) is 23.8. The Kier molecular flexibility index (Phi) is 6.03. The van der Waals surface area contributed by atoms with Gasteiger partial charge in [-0.2, -0.15) is 8.78 Å². The lowest BCUT2D eigenvalue weighted by molar-refractivity contribution is -0.0498. The number of nitrogens with one attached hydrogen (secondary N) is 2. The molecule has 6 nitrogen and oxygen atoms in total. The monoisotopic (exact) mass is 397 g/mol. The van der Waals surface area contributed by atoms with Gasteiger partial charge in [-0.05, 0) is 60.7 Å². The standard InChI is InChI=1S/C21H17F2N3O3/c22-21(23)29-16-11-9-14(10-12-16)25-18-4-2-1-3-17(18)20(28)26-15-7-5-13(6-8-15)19(24)27/h1-12,21,25H,(H2,24,27)(H,26,28). The Morgan fingerprint density at radius 2 is 1.48 bits per heavy atom. The summed E-state index contributed by atoms with van der Waals surface area (Å²) in [6.45, 7) is -2.89. The van der Waals surface area contributed by atoms with Crippen LogP contribution in [0.1, 0.15) is 20.7 Å². The van der Waals surface area contributed by atoms with Crippen LogP contribution in [0.15, 0.2) is 72.8 Å². The fraction of sp³-hybridized carbons (Fsp3) is 0.0476. The number of benzene rings is 3. The lowest BCUT2D eigenvalue weighted by Gasteiger charge is -2.13. The van der Waals surface area contributed by atoms with Crippen molar-refractivity contribution >= 4 is 28.9 Å². The van der Waals surface area contributed by atoms with Crippen LogP contribution in [-0.4, -0.2) is 18.4 Å². The van der Waals surface area contributed by atoms with E-state index >= 15 is 0 Å². The summed E-state index contributed by atoms with van der Waals surface area (Å²) in [6, 6.07) is 19.0. The smallest absolute Gasteiger partial charge is 0.387 e. The number of alkyl halides is 2. The number of carbonyl (C=O) groups excluding carboxylic acids is 2. The molecule has 0 unspecified atom stereocenters. The van der Waals surface area contributed by atoms with Crippen molar-refractivity contribution in [3.63, 3.8) is 0 Å². The van der Waals surface area contributed by atoms with Crippen LogP contribution < -0.4 is 21.1 Å². The molecule has 0 atom stereocenters. The average Bonchev–Trinajstić information content (AvgIpc) is 2.70. The normalized spacial score (nSPS) is 10.4. The minimum absolute atomic E-state index is 0.0379. The molecule has 0 aromatic heterocycles. The zero-order chi connectivity index (χ0) is 20.8. The van der Waals surface area contributed by atoms with E-state index in [1.54, 1.807) is 48.5 Å². The lowest BCUT2D eigenvalue weighted by Crippen LogP contribution is -2.14. The van der Waals surface area contributed by atoms with Gasteiger partial charge in [0.25, 0.3) is 5.91 Å². The van der Waals surface area contributed by atoms with Crippen molar-refractivity contribution in [3.05, 3.63) is 83.9 Å². The lowest BCUT2D eigenvalue weighted by atomic mass is 10.1. The van der Waals surface area contributed by atoms with Crippen LogP contribution in [0.3, 0.4) is 0 Å². The maximum Gasteiger partial charge on any atom is 0.387 e. The Morgan fingerprint density at radius 1 is 0.862 bits per heavy atom. The van der Waals surface area contributed by atoms with Crippen molar-refractivity contribution < 1.29 is 23.1 Å². The van der Waals surface area contributed by atoms with Gasteiger partial charge in [0.2, 0.25) is 5.91 Å². The van der Waals surface area contributed by atoms with E-state index in [0.717, 1.165) is 0 Å². The van der Waals surface area contributed by atoms with Gasteiger partial charge in [-0.15, -0.1) is 0 Å². The van der Waals surface area contributed by atoms with Gasteiger partial charge in [0, 0.05) is 16.9 Å². The molecule has 3 aromatic rings. The van der Waals surface area contributed by atoms with Crippen molar-refractivity contribution in [1.29, 1.82) is 0 Å². The van der Waals surface area contributed by atoms with Crippen LogP contribution in [-0.2, 0) is 0 Å². The fourth-order valence-electron chi connectivity index (χ4n) is 2.58. The topological polar surface area (TPSA) is 93.5 Å². The molecule has 0 spiro atoms. The van der Waals surface area contributed by atoms with Crippen LogP contribution in [0.4, 0.5) is 25.8 Å². The van der Waals surface area contributed by atoms with Crippen molar-refractivity contribution in [3.8, 4) is 5.75 Å². The maximum absolute atomic E-state index is 12.7. The van der Waals surface area contributed by atoms with Gasteiger partial charge >= 0.3 is 6.61 Å². The summed E-state index contributed by atoms with van der Waals surface area (Å²) in [5, 5.41) is 5.83. The first-order chi connectivity index (χ1) is 13.9. The molecule has 0 aliphatic rings. The third-order valence-corrected chi connectivity index (χ3v) is 3.96. The van der Waals surface area contributed by atoms with E-state index in [0.29, 0.717) is 28.2 Å². The molecule has 3 rings (SSSR count). The Labute approximate surface area is 165 Å². The summed E-state index contributed by atoms with van der Waals surface area (Å²) >= 11 is 0. The van der Waals surface area contributed by atoms with Crippen LogP contribution in [0.2, 0.25) is 0 Å². The molecule has 148 valence electrons. The summed E-state index contributed by atoms with van der Waals surface area (Å²) in [5.74, 6) is -0.879. The fourth-order valence-corrected chi connectivity index (χ4v) is 2.58. The van der Waals surface area contributed by atoms with E-state index < -0.39 is 12.5 Å². The van der Waals surface area contributed by atoms with Crippen LogP contribution >= 0.6 is 0 Å². The van der Waals surface area contributed by atoms with Crippen molar-refractivity contribution in [2.24, 2.45) is 5.73 Å². The predicted molar refractivity (Wildman–Crippen MR) is 106 cm³/mol. The Morgan fingerprint density at radius 3 is 2.10 bits per heavy atom.